The van der Waals surface area contributed by atoms with Crippen molar-refractivity contribution in [3.8, 4) is 0 Å². The second kappa shape index (κ2) is 32.8. The van der Waals surface area contributed by atoms with Gasteiger partial charge < -0.3 is 69.2 Å². The van der Waals surface area contributed by atoms with E-state index in [0.717, 1.165) is 57.8 Å². The minimum Gasteiger partial charge on any atom is -0.726 e. The molecule has 4 aliphatic carbocycles. The van der Waals surface area contributed by atoms with Crippen LogP contribution in [0.15, 0.2) is 0 Å². The topological polar surface area (TPSA) is 729 Å². The Morgan fingerprint density at radius 3 is 1.13 bits per heavy atom. The summed E-state index contributed by atoms with van der Waals surface area (Å²) in [6.07, 6.45) is -44.1. The van der Waals surface area contributed by atoms with Gasteiger partial charge in [0.15, 0.2) is 30.9 Å². The first-order valence-corrected chi connectivity index (χ1v) is 43.4. The molecule has 3 saturated heterocycles. The Morgan fingerprint density at radius 2 is 0.725 bits per heavy atom. The summed E-state index contributed by atoms with van der Waals surface area (Å²) >= 11 is 0. The van der Waals surface area contributed by atoms with E-state index < -0.39 is 227 Å². The van der Waals surface area contributed by atoms with Crippen molar-refractivity contribution in [2.45, 2.75) is 210 Å². The molecule has 3 aliphatic heterocycles. The Labute approximate surface area is 587 Å². The van der Waals surface area contributed by atoms with Crippen LogP contribution < -0.4 is 0 Å². The highest BCUT2D eigenvalue weighted by atomic mass is 32.3. The van der Waals surface area contributed by atoms with E-state index in [-0.39, 0.29) is 36.0 Å². The third-order valence-electron chi connectivity index (χ3n) is 19.1. The van der Waals surface area contributed by atoms with Gasteiger partial charge in [-0.2, -0.15) is 0 Å². The van der Waals surface area contributed by atoms with Gasteiger partial charge >= 0.3 is 0 Å². The number of hydrogen-bond donors (Lipinski definition) is 0. The van der Waals surface area contributed by atoms with Crippen LogP contribution in [0.4, 0.5) is 0 Å². The monoisotopic (exact) mass is 1680 g/mol. The van der Waals surface area contributed by atoms with E-state index in [0.29, 0.717) is 30.1 Å². The second-order valence-electron chi connectivity index (χ2n) is 26.0. The van der Waals surface area contributed by atoms with E-state index in [1.165, 1.54) is 0 Å². The quantitative estimate of drug-likeness (QED) is 0.0251. The van der Waals surface area contributed by atoms with E-state index >= 15 is 0 Å². The number of fused-ring (bicyclic) bond motifs is 5. The zero-order valence-corrected chi connectivity index (χ0v) is 61.3. The molecule has 0 spiro atoms. The Bertz CT molecular complexity index is 4110. The molecule has 102 heavy (non-hydrogen) atoms. The van der Waals surface area contributed by atoms with Crippen molar-refractivity contribution < 1.29 is 205 Å². The summed E-state index contributed by atoms with van der Waals surface area (Å²) in [5, 5.41) is 0. The van der Waals surface area contributed by atoms with Gasteiger partial charge in [-0.1, -0.05) is 53.9 Å². The molecule has 0 aromatic heterocycles. The summed E-state index contributed by atoms with van der Waals surface area (Å²) in [7, 11) is -65.6. The van der Waals surface area contributed by atoms with Crippen molar-refractivity contribution in [3.05, 3.63) is 0 Å². The van der Waals surface area contributed by atoms with Crippen LogP contribution in [-0.2, 0) is 179 Å². The normalized spacial score (nSPS) is 37.5. The van der Waals surface area contributed by atoms with Gasteiger partial charge in [0.05, 0.1) is 25.9 Å². The highest BCUT2D eigenvalue weighted by Gasteiger charge is 2.63. The maximum atomic E-state index is 12.7. The number of hydrogen-bond acceptors (Lipinski definition) is 47. The van der Waals surface area contributed by atoms with Gasteiger partial charge in [0.25, 0.3) is 0 Å². The number of ether oxygens (including phenoxy) is 5. The third-order valence-corrected chi connectivity index (χ3v) is 23.6. The smallest absolute Gasteiger partial charge is 0.222 e. The predicted octanol–water partition coefficient (Wildman–Crippen LogP) is -4.28. The zero-order chi connectivity index (χ0) is 76.9. The molecule has 0 amide bonds. The molecule has 3 heterocycles. The fourth-order valence-electron chi connectivity index (χ4n) is 15.7. The maximum absolute atomic E-state index is 12.7. The highest BCUT2D eigenvalue weighted by molar-refractivity contribution is 7.83. The predicted molar refractivity (Wildman–Crippen MR) is 304 cm³/mol. The molecule has 600 valence electrons. The maximum Gasteiger partial charge on any atom is 0.222 e. The van der Waals surface area contributed by atoms with Crippen LogP contribution >= 0.6 is 0 Å². The van der Waals surface area contributed by atoms with Gasteiger partial charge in [-0.05, 0) is 110 Å². The molecule has 0 radical (unpaired) electrons. The Morgan fingerprint density at radius 1 is 0.373 bits per heavy atom. The molecule has 24 atom stereocenters. The Kier molecular flexibility index (Phi) is 28.2. The van der Waals surface area contributed by atoms with Crippen LogP contribution in [0.3, 0.4) is 0 Å². The van der Waals surface area contributed by atoms with Crippen LogP contribution in [0.25, 0.3) is 0 Å². The van der Waals surface area contributed by atoms with Crippen molar-refractivity contribution in [1.29, 1.82) is 0 Å². The SMILES string of the molecule is CC(C)CCC[C@@H](C)[C@H]1CC[C@H]2[C@@H]3CC[C@H]4CC[C@@H](OO[C@H]5O[C@H](COS(=O)(=O)[O-])[C@@H](O[C@H]6O[C@@H](COS(=O)(=O)[O-])[C@@H](O[C@H]7O[C@@H](COS(=O)(=O)[O-])[C@@H](OS(=O)(=O)[O-])[C@H](OS(=O)(=O)[O-])[C@@H]7OS(=O)(=O)[O-])[C@H](OS(=O)(=O)[O-])[C@@H]6OS(=O)(=O)[O-])[C@H](OS(=O)(=O)[O-])[C@@H]5OS(=O)(=O)[O-])C[C@]4(C)[C@H]3CC[C@]12C. The third kappa shape index (κ3) is 25.2. The standard InChI is InChI=1S/C45H78O47S10/c1-21(2)7-6-8-22(3)26-13-14-27-25-12-10-23-9-11-24(17-45(23,5)28(25)15-16-44(26,27)4)84-85-43-40(92-102(73,74)75)36(88-98(61,62)63)33(30(81-43)19-77-94(49,50)51)83-41-38(90-100(67,68)69)35(87-97(58,59)60)32(29(79-41)18-76-93(46,47)48)82-42-39(91-101(70,71)72)37(89-99(64,65)66)34(86-96(55,56)57)31(80-42)20-78-95(52,53)54/h21-43H,6-20H2,1-5H3,(H,46,47,48)(H,49,50,51)(H,52,53,54)(H,55,56,57)(H,58,59,60)(H,61,62,63)(H,64,65,66)(H,67,68,69)(H,70,71,72)(H,73,74,75)/p-10/t22-,23-,24-,25+,26-,27+,28+,29+,30-,31+,32-,33-,34-,35+,36+,37+,38+,39+,40+,41-,42-,43-,44-,45+/m1/s1. The second-order valence-corrected chi connectivity index (χ2v) is 36.2. The average molecular weight is 1680 g/mol. The van der Waals surface area contributed by atoms with Gasteiger partial charge in [-0.15, -0.1) is 0 Å². The highest BCUT2D eigenvalue weighted by Crippen LogP contribution is 2.68. The molecule has 0 aromatic carbocycles. The van der Waals surface area contributed by atoms with Gasteiger partial charge in [0.2, 0.25) is 110 Å². The van der Waals surface area contributed by atoms with Gasteiger partial charge in [-0.25, -0.2) is 94.0 Å². The molecule has 0 unspecified atom stereocenters. The minimum absolute atomic E-state index is 0.0203. The van der Waals surface area contributed by atoms with Crippen LogP contribution in [0.1, 0.15) is 112 Å². The van der Waals surface area contributed by atoms with Crippen molar-refractivity contribution >= 4 is 104 Å². The lowest BCUT2D eigenvalue weighted by atomic mass is 9.44. The molecular formula is C45H68O47S10-10. The first kappa shape index (κ1) is 87.6. The molecule has 47 nitrogen and oxygen atoms in total. The largest absolute Gasteiger partial charge is 0.726 e. The van der Waals surface area contributed by atoms with Crippen molar-refractivity contribution in [3.63, 3.8) is 0 Å². The van der Waals surface area contributed by atoms with Crippen LogP contribution in [0.2, 0.25) is 0 Å². The van der Waals surface area contributed by atoms with Gasteiger partial charge in [0, 0.05) is 0 Å². The van der Waals surface area contributed by atoms with Crippen LogP contribution in [-0.4, -0.2) is 248 Å². The van der Waals surface area contributed by atoms with Gasteiger partial charge in [-0.3, -0.25) is 41.8 Å². The van der Waals surface area contributed by atoms with E-state index in [9.17, 15) is 130 Å². The van der Waals surface area contributed by atoms with E-state index in [1.807, 2.05) is 6.92 Å². The lowest BCUT2D eigenvalue weighted by molar-refractivity contribution is -0.446. The molecule has 57 heteroatoms. The summed E-state index contributed by atoms with van der Waals surface area (Å²) in [6, 6.07) is 0. The first-order chi connectivity index (χ1) is 46.2. The van der Waals surface area contributed by atoms with E-state index in [2.05, 4.69) is 69.5 Å². The number of rotatable bonds is 35. The molecule has 0 bridgehead atoms. The van der Waals surface area contributed by atoms with E-state index in [4.69, 9.17) is 33.5 Å². The fourth-order valence-corrected chi connectivity index (χ4v) is 20.0. The summed E-state index contributed by atoms with van der Waals surface area (Å²) in [6.45, 7) is 4.43. The minimum atomic E-state index is -6.89. The van der Waals surface area contributed by atoms with Crippen LogP contribution in [0, 0.1) is 52.3 Å². The zero-order valence-electron chi connectivity index (χ0n) is 53.2. The first-order valence-electron chi connectivity index (χ1n) is 30.1. The fraction of sp³-hybridized carbons (Fsp3) is 1.00. The molecule has 7 fully saturated rings. The van der Waals surface area contributed by atoms with Crippen molar-refractivity contribution in [1.82, 2.24) is 0 Å². The molecule has 4 saturated carbocycles. The molecule has 7 rings (SSSR count). The Hall–Kier alpha value is -1.58. The van der Waals surface area contributed by atoms with Crippen LogP contribution in [0.5, 0.6) is 0 Å². The summed E-state index contributed by atoms with van der Waals surface area (Å²) in [4.78, 5) is 11.3. The molecule has 7 aliphatic rings. The average Bonchev–Trinajstić information content (AvgIpc) is 1.43. The summed E-state index contributed by atoms with van der Waals surface area (Å²) < 4.78 is 437. The summed E-state index contributed by atoms with van der Waals surface area (Å²) in [5.41, 5.74) is -0.517. The molecule has 0 aromatic rings. The van der Waals surface area contributed by atoms with Gasteiger partial charge in [0.1, 0.15) is 54.9 Å². The van der Waals surface area contributed by atoms with Crippen molar-refractivity contribution in [2.75, 3.05) is 19.8 Å². The Balaban J connectivity index is 1.31. The van der Waals surface area contributed by atoms with Crippen molar-refractivity contribution in [2.24, 2.45) is 52.3 Å². The summed E-state index contributed by atoms with van der Waals surface area (Å²) in [5.74, 6) is 2.20. The lowest BCUT2D eigenvalue weighted by Gasteiger charge is -2.61. The lowest BCUT2D eigenvalue weighted by Crippen LogP contribution is -2.69. The molecule has 0 N–H and O–H groups in total. The molecular weight excluding hydrogens is 1610 g/mol. The van der Waals surface area contributed by atoms with E-state index in [1.54, 1.807) is 0 Å².